The van der Waals surface area contributed by atoms with Crippen LogP contribution in [0.3, 0.4) is 0 Å². The first kappa shape index (κ1) is 22.0. The zero-order chi connectivity index (χ0) is 22.7. The Bertz CT molecular complexity index is 1230. The summed E-state index contributed by atoms with van der Waals surface area (Å²) in [6.07, 6.45) is 1.68. The van der Waals surface area contributed by atoms with E-state index < -0.39 is 0 Å². The van der Waals surface area contributed by atoms with Crippen molar-refractivity contribution in [2.45, 2.75) is 31.6 Å². The number of ether oxygens (including phenoxy) is 1. The minimum absolute atomic E-state index is 0.241. The minimum Gasteiger partial charge on any atom is -0.497 e. The van der Waals surface area contributed by atoms with Gasteiger partial charge in [-0.15, -0.1) is 23.1 Å². The van der Waals surface area contributed by atoms with Gasteiger partial charge in [-0.25, -0.2) is 9.97 Å². The van der Waals surface area contributed by atoms with Crippen LogP contribution in [0.15, 0.2) is 52.1 Å². The number of pyridine rings is 1. The van der Waals surface area contributed by atoms with Crippen molar-refractivity contribution in [2.75, 3.05) is 12.4 Å². The number of benzene rings is 1. The van der Waals surface area contributed by atoms with Crippen molar-refractivity contribution in [3.05, 3.63) is 70.1 Å². The molecular weight excluding hydrogens is 444 g/mol. The third-order valence-corrected chi connectivity index (χ3v) is 6.85. The Morgan fingerprint density at radius 1 is 1.19 bits per heavy atom. The number of carbonyl (C=O) groups excluding carboxylic acids is 1. The smallest absolute Gasteiger partial charge is 0.260 e. The zero-order valence-corrected chi connectivity index (χ0v) is 19.8. The van der Waals surface area contributed by atoms with Gasteiger partial charge in [0.15, 0.2) is 5.13 Å². The molecule has 4 rings (SSSR count). The number of nitrogens with one attached hydrogen (secondary N) is 1. The van der Waals surface area contributed by atoms with Gasteiger partial charge in [0.1, 0.15) is 16.5 Å². The highest BCUT2D eigenvalue weighted by molar-refractivity contribution is 7.98. The fourth-order valence-electron chi connectivity index (χ4n) is 3.16. The molecule has 4 aromatic rings. The monoisotopic (exact) mass is 466 g/mol. The lowest BCUT2D eigenvalue weighted by Crippen LogP contribution is -2.13. The SMILES string of the molecule is COc1ccc(-c2nc(NC(=O)c3cccnc3SCc3c(C)noc3C)sc2C)cc1. The Morgan fingerprint density at radius 3 is 2.66 bits per heavy atom. The first-order chi connectivity index (χ1) is 15.5. The number of carbonyl (C=O) groups is 1. The molecule has 9 heteroatoms. The molecule has 1 aromatic carbocycles. The van der Waals surface area contributed by atoms with Crippen molar-refractivity contribution in [1.82, 2.24) is 15.1 Å². The van der Waals surface area contributed by atoms with E-state index in [-0.39, 0.29) is 5.91 Å². The number of amides is 1. The van der Waals surface area contributed by atoms with Gasteiger partial charge >= 0.3 is 0 Å². The molecular formula is C23H22N4O3S2. The molecule has 0 unspecified atom stereocenters. The Hall–Kier alpha value is -3.17. The molecule has 3 heterocycles. The molecule has 0 aliphatic rings. The van der Waals surface area contributed by atoms with E-state index in [4.69, 9.17) is 9.26 Å². The van der Waals surface area contributed by atoms with E-state index in [0.29, 0.717) is 21.5 Å². The van der Waals surface area contributed by atoms with Crippen molar-refractivity contribution in [3.63, 3.8) is 0 Å². The van der Waals surface area contributed by atoms with E-state index in [2.05, 4.69) is 20.4 Å². The van der Waals surface area contributed by atoms with Crippen LogP contribution in [-0.4, -0.2) is 28.1 Å². The number of hydrogen-bond donors (Lipinski definition) is 1. The zero-order valence-electron chi connectivity index (χ0n) is 18.1. The summed E-state index contributed by atoms with van der Waals surface area (Å²) in [5.41, 5.74) is 4.18. The molecule has 0 spiro atoms. The highest BCUT2D eigenvalue weighted by atomic mass is 32.2. The molecule has 0 radical (unpaired) electrons. The minimum atomic E-state index is -0.241. The first-order valence-corrected chi connectivity index (χ1v) is 11.7. The molecule has 0 atom stereocenters. The average molecular weight is 467 g/mol. The van der Waals surface area contributed by atoms with Crippen LogP contribution in [0.4, 0.5) is 5.13 Å². The molecule has 1 N–H and O–H groups in total. The van der Waals surface area contributed by atoms with Crippen LogP contribution in [0, 0.1) is 20.8 Å². The van der Waals surface area contributed by atoms with Crippen LogP contribution in [-0.2, 0) is 5.75 Å². The number of methoxy groups -OCH3 is 1. The fourth-order valence-corrected chi connectivity index (χ4v) is 5.13. The predicted molar refractivity (Wildman–Crippen MR) is 127 cm³/mol. The molecule has 0 saturated carbocycles. The number of aryl methyl sites for hydroxylation is 3. The van der Waals surface area contributed by atoms with E-state index >= 15 is 0 Å². The second-order valence-corrected chi connectivity index (χ2v) is 9.22. The van der Waals surface area contributed by atoms with Gasteiger partial charge in [-0.3, -0.25) is 10.1 Å². The summed E-state index contributed by atoms with van der Waals surface area (Å²) < 4.78 is 10.4. The lowest BCUT2D eigenvalue weighted by atomic mass is 10.1. The Morgan fingerprint density at radius 2 is 1.97 bits per heavy atom. The Labute approximate surface area is 194 Å². The normalized spacial score (nSPS) is 10.9. The van der Waals surface area contributed by atoms with Crippen molar-refractivity contribution >= 4 is 34.1 Å². The molecule has 0 aliphatic heterocycles. The first-order valence-electron chi connectivity index (χ1n) is 9.89. The summed E-state index contributed by atoms with van der Waals surface area (Å²) >= 11 is 2.92. The lowest BCUT2D eigenvalue weighted by Gasteiger charge is -2.07. The molecule has 7 nitrogen and oxygen atoms in total. The number of thioether (sulfide) groups is 1. The maximum atomic E-state index is 13.0. The van der Waals surface area contributed by atoms with Gasteiger partial charge in [-0.1, -0.05) is 5.16 Å². The van der Waals surface area contributed by atoms with Gasteiger partial charge in [0, 0.05) is 28.0 Å². The van der Waals surface area contributed by atoms with Crippen LogP contribution in [0.25, 0.3) is 11.3 Å². The number of thiazole rings is 1. The van der Waals surface area contributed by atoms with E-state index in [0.717, 1.165) is 38.9 Å². The standard InChI is InChI=1S/C23H22N4O3S2/c1-13-19(14(2)30-27-13)12-31-22-18(6-5-11-24-22)21(28)26-23-25-20(15(3)32-23)16-7-9-17(29-4)10-8-16/h5-11H,12H2,1-4H3,(H,25,26,28). The van der Waals surface area contributed by atoms with Crippen LogP contribution in [0.1, 0.15) is 32.3 Å². The van der Waals surface area contributed by atoms with Gasteiger partial charge in [0.25, 0.3) is 5.91 Å². The number of aromatic nitrogens is 3. The van der Waals surface area contributed by atoms with Crippen molar-refractivity contribution in [3.8, 4) is 17.0 Å². The molecule has 1 amide bonds. The molecule has 0 aliphatic carbocycles. The number of hydrogen-bond acceptors (Lipinski definition) is 8. The van der Waals surface area contributed by atoms with Gasteiger partial charge in [0.05, 0.1) is 24.1 Å². The maximum absolute atomic E-state index is 13.0. The molecule has 0 fully saturated rings. The largest absolute Gasteiger partial charge is 0.497 e. The topological polar surface area (TPSA) is 90.1 Å². The third-order valence-electron chi connectivity index (χ3n) is 4.93. The maximum Gasteiger partial charge on any atom is 0.260 e. The Kier molecular flexibility index (Phi) is 6.57. The van der Waals surface area contributed by atoms with Crippen LogP contribution < -0.4 is 10.1 Å². The van der Waals surface area contributed by atoms with Crippen molar-refractivity contribution in [2.24, 2.45) is 0 Å². The summed E-state index contributed by atoms with van der Waals surface area (Å²) in [7, 11) is 1.64. The highest BCUT2D eigenvalue weighted by Crippen LogP contribution is 2.32. The lowest BCUT2D eigenvalue weighted by molar-refractivity contribution is 0.102. The third kappa shape index (κ3) is 4.68. The number of rotatable bonds is 7. The number of nitrogens with zero attached hydrogens (tertiary/aromatic N) is 3. The average Bonchev–Trinajstić information content (AvgIpc) is 3.33. The van der Waals surface area contributed by atoms with Crippen molar-refractivity contribution < 1.29 is 14.1 Å². The summed E-state index contributed by atoms with van der Waals surface area (Å²) in [4.78, 5) is 23.1. The van der Waals surface area contributed by atoms with Gasteiger partial charge in [-0.2, -0.15) is 0 Å². The molecule has 0 bridgehead atoms. The highest BCUT2D eigenvalue weighted by Gasteiger charge is 2.18. The van der Waals surface area contributed by atoms with Crippen LogP contribution >= 0.6 is 23.1 Å². The summed E-state index contributed by atoms with van der Waals surface area (Å²) in [6.45, 7) is 5.78. The molecule has 0 saturated heterocycles. The fraction of sp³-hybridized carbons (Fsp3) is 0.217. The van der Waals surface area contributed by atoms with Crippen molar-refractivity contribution in [1.29, 1.82) is 0 Å². The second kappa shape index (κ2) is 9.54. The summed E-state index contributed by atoms with van der Waals surface area (Å²) in [5, 5.41) is 8.10. The van der Waals surface area contributed by atoms with E-state index in [1.54, 1.807) is 25.4 Å². The Balaban J connectivity index is 1.51. The van der Waals surface area contributed by atoms with E-state index in [9.17, 15) is 4.79 Å². The summed E-state index contributed by atoms with van der Waals surface area (Å²) in [6, 6.07) is 11.2. The number of anilines is 1. The summed E-state index contributed by atoms with van der Waals surface area (Å²) in [5.74, 6) is 1.94. The van der Waals surface area contributed by atoms with E-state index in [1.807, 2.05) is 45.0 Å². The second-order valence-electron chi connectivity index (χ2n) is 7.05. The van der Waals surface area contributed by atoms with Crippen LogP contribution in [0.5, 0.6) is 5.75 Å². The van der Waals surface area contributed by atoms with E-state index in [1.165, 1.54) is 23.1 Å². The van der Waals surface area contributed by atoms with Gasteiger partial charge < -0.3 is 9.26 Å². The van der Waals surface area contributed by atoms with Gasteiger partial charge in [0.2, 0.25) is 0 Å². The predicted octanol–water partition coefficient (Wildman–Crippen LogP) is 5.67. The quantitative estimate of drug-likeness (QED) is 0.351. The van der Waals surface area contributed by atoms with Gasteiger partial charge in [-0.05, 0) is 57.2 Å². The molecule has 164 valence electrons. The van der Waals surface area contributed by atoms with Crippen LogP contribution in [0.2, 0.25) is 0 Å². The molecule has 3 aromatic heterocycles. The molecule has 32 heavy (non-hydrogen) atoms.